The molecule has 0 radical (unpaired) electrons. The van der Waals surface area contributed by atoms with E-state index in [1.807, 2.05) is 0 Å². The molecule has 1 aromatic heterocycles. The Morgan fingerprint density at radius 2 is 2.22 bits per heavy atom. The van der Waals surface area contributed by atoms with Crippen LogP contribution in [0, 0.1) is 5.92 Å². The number of aryl methyl sites for hydroxylation is 1. The number of likely N-dealkylation sites (tertiary alicyclic amines) is 1. The van der Waals surface area contributed by atoms with Gasteiger partial charge < -0.3 is 15.6 Å². The van der Waals surface area contributed by atoms with Crippen molar-refractivity contribution in [1.82, 2.24) is 9.88 Å². The molecule has 1 aliphatic heterocycles. The van der Waals surface area contributed by atoms with Gasteiger partial charge in [-0.05, 0) is 43.2 Å². The zero-order valence-electron chi connectivity index (χ0n) is 13.8. The van der Waals surface area contributed by atoms with Gasteiger partial charge in [0, 0.05) is 36.7 Å². The number of aliphatic imine (C=N–C) groups is 1. The number of halogens is 1. The molecular formula is C18H27IN4. The van der Waals surface area contributed by atoms with E-state index in [0.29, 0.717) is 0 Å². The Hall–Kier alpha value is -1.24. The summed E-state index contributed by atoms with van der Waals surface area (Å²) < 4.78 is 0. The Balaban J connectivity index is 0.00000192. The number of aromatic amines is 1. The molecule has 2 heterocycles. The van der Waals surface area contributed by atoms with Crippen molar-refractivity contribution in [2.24, 2.45) is 16.6 Å². The first-order chi connectivity index (χ1) is 10.7. The van der Waals surface area contributed by atoms with Crippen molar-refractivity contribution in [2.75, 3.05) is 19.6 Å². The number of aromatic nitrogens is 1. The summed E-state index contributed by atoms with van der Waals surface area (Å²) in [4.78, 5) is 10.1. The minimum atomic E-state index is 0. The van der Waals surface area contributed by atoms with Gasteiger partial charge in [0.05, 0.1) is 0 Å². The topological polar surface area (TPSA) is 57.4 Å². The second-order valence-electron chi connectivity index (χ2n) is 6.40. The van der Waals surface area contributed by atoms with Gasteiger partial charge in [-0.25, -0.2) is 0 Å². The number of hydrogen-bond donors (Lipinski definition) is 2. The molecule has 0 spiro atoms. The Morgan fingerprint density at radius 3 is 3.04 bits per heavy atom. The van der Waals surface area contributed by atoms with Gasteiger partial charge in [0.15, 0.2) is 5.96 Å². The second kappa shape index (κ2) is 8.57. The van der Waals surface area contributed by atoms with Crippen molar-refractivity contribution in [1.29, 1.82) is 0 Å². The van der Waals surface area contributed by atoms with Crippen LogP contribution in [-0.4, -0.2) is 35.5 Å². The smallest absolute Gasteiger partial charge is 0.191 e. The normalized spacial score (nSPS) is 18.9. The van der Waals surface area contributed by atoms with E-state index in [1.54, 1.807) is 0 Å². The molecule has 1 aliphatic rings. The molecule has 2 aromatic rings. The monoisotopic (exact) mass is 426 g/mol. The number of nitrogens with zero attached hydrogens (tertiary/aromatic N) is 2. The standard InChI is InChI=1S/C18H26N4.HI/c1-14-6-5-11-22(13-14)18(19)20-10-4-7-15-12-21-17-9-3-2-8-16(15)17;/h2-3,8-9,12,14,21H,4-7,10-11,13H2,1H3,(H2,19,20);1H. The lowest BCUT2D eigenvalue weighted by molar-refractivity contribution is 0.270. The molecule has 0 amide bonds. The predicted molar refractivity (Wildman–Crippen MR) is 108 cm³/mol. The number of para-hydroxylation sites is 1. The molecule has 0 saturated carbocycles. The number of hydrogen-bond acceptors (Lipinski definition) is 1. The molecule has 1 aromatic carbocycles. The minimum absolute atomic E-state index is 0. The number of piperidine rings is 1. The first-order valence-corrected chi connectivity index (χ1v) is 8.34. The molecule has 1 fully saturated rings. The zero-order valence-corrected chi connectivity index (χ0v) is 16.1. The van der Waals surface area contributed by atoms with Crippen molar-refractivity contribution >= 4 is 40.8 Å². The van der Waals surface area contributed by atoms with Gasteiger partial charge in [0.25, 0.3) is 0 Å². The minimum Gasteiger partial charge on any atom is -0.370 e. The molecule has 23 heavy (non-hydrogen) atoms. The molecule has 1 saturated heterocycles. The van der Waals surface area contributed by atoms with Crippen LogP contribution in [-0.2, 0) is 6.42 Å². The van der Waals surface area contributed by atoms with Crippen LogP contribution in [0.2, 0.25) is 0 Å². The fourth-order valence-corrected chi connectivity index (χ4v) is 3.30. The van der Waals surface area contributed by atoms with Crippen molar-refractivity contribution in [3.63, 3.8) is 0 Å². The van der Waals surface area contributed by atoms with Gasteiger partial charge in [-0.2, -0.15) is 0 Å². The van der Waals surface area contributed by atoms with E-state index in [4.69, 9.17) is 5.73 Å². The van der Waals surface area contributed by atoms with Crippen LogP contribution in [0.3, 0.4) is 0 Å². The van der Waals surface area contributed by atoms with Gasteiger partial charge in [-0.3, -0.25) is 4.99 Å². The van der Waals surface area contributed by atoms with Crippen LogP contribution in [0.15, 0.2) is 35.5 Å². The molecule has 3 rings (SSSR count). The Morgan fingerprint density at radius 1 is 1.39 bits per heavy atom. The molecule has 0 bridgehead atoms. The molecular weight excluding hydrogens is 399 g/mol. The van der Waals surface area contributed by atoms with Crippen LogP contribution in [0.4, 0.5) is 0 Å². The maximum Gasteiger partial charge on any atom is 0.191 e. The molecule has 126 valence electrons. The Bertz CT molecular complexity index is 649. The van der Waals surface area contributed by atoms with Gasteiger partial charge in [0.2, 0.25) is 0 Å². The summed E-state index contributed by atoms with van der Waals surface area (Å²) in [5, 5.41) is 1.32. The third-order valence-electron chi connectivity index (χ3n) is 4.53. The SMILES string of the molecule is CC1CCCN(C(N)=NCCCc2c[nH]c3ccccc23)C1.I. The highest BCUT2D eigenvalue weighted by Crippen LogP contribution is 2.19. The van der Waals surface area contributed by atoms with Crippen LogP contribution in [0.5, 0.6) is 0 Å². The number of guanidine groups is 1. The third-order valence-corrected chi connectivity index (χ3v) is 4.53. The van der Waals surface area contributed by atoms with E-state index in [1.165, 1.54) is 29.3 Å². The van der Waals surface area contributed by atoms with E-state index in [-0.39, 0.29) is 24.0 Å². The maximum absolute atomic E-state index is 6.13. The summed E-state index contributed by atoms with van der Waals surface area (Å²) in [6.45, 7) is 5.20. The highest BCUT2D eigenvalue weighted by Gasteiger charge is 2.17. The summed E-state index contributed by atoms with van der Waals surface area (Å²) in [5.41, 5.74) is 8.71. The van der Waals surface area contributed by atoms with Gasteiger partial charge in [-0.1, -0.05) is 25.1 Å². The van der Waals surface area contributed by atoms with Gasteiger partial charge in [0.1, 0.15) is 0 Å². The average Bonchev–Trinajstić information content (AvgIpc) is 2.95. The molecule has 0 aliphatic carbocycles. The Labute approximate surface area is 155 Å². The predicted octanol–water partition coefficient (Wildman–Crippen LogP) is 3.77. The molecule has 1 atom stereocenters. The number of H-pyrrole nitrogens is 1. The summed E-state index contributed by atoms with van der Waals surface area (Å²) in [6, 6.07) is 8.45. The molecule has 1 unspecified atom stereocenters. The van der Waals surface area contributed by atoms with Crippen LogP contribution >= 0.6 is 24.0 Å². The van der Waals surface area contributed by atoms with Crippen molar-refractivity contribution in [2.45, 2.75) is 32.6 Å². The lowest BCUT2D eigenvalue weighted by Gasteiger charge is -2.31. The van der Waals surface area contributed by atoms with Crippen molar-refractivity contribution < 1.29 is 0 Å². The zero-order chi connectivity index (χ0) is 15.4. The number of rotatable bonds is 4. The lowest BCUT2D eigenvalue weighted by Crippen LogP contribution is -2.43. The highest BCUT2D eigenvalue weighted by atomic mass is 127. The van der Waals surface area contributed by atoms with E-state index in [2.05, 4.69) is 52.3 Å². The third kappa shape index (κ3) is 4.62. The molecule has 3 N–H and O–H groups in total. The second-order valence-corrected chi connectivity index (χ2v) is 6.40. The number of nitrogens with two attached hydrogens (primary N) is 1. The van der Waals surface area contributed by atoms with Gasteiger partial charge in [-0.15, -0.1) is 24.0 Å². The van der Waals surface area contributed by atoms with E-state index in [0.717, 1.165) is 44.4 Å². The highest BCUT2D eigenvalue weighted by molar-refractivity contribution is 14.0. The summed E-state index contributed by atoms with van der Waals surface area (Å²) in [6.07, 6.45) is 6.73. The van der Waals surface area contributed by atoms with Crippen molar-refractivity contribution in [3.8, 4) is 0 Å². The van der Waals surface area contributed by atoms with E-state index >= 15 is 0 Å². The number of benzene rings is 1. The number of nitrogens with one attached hydrogen (secondary N) is 1. The Kier molecular flexibility index (Phi) is 6.74. The maximum atomic E-state index is 6.13. The van der Waals surface area contributed by atoms with Crippen molar-refractivity contribution in [3.05, 3.63) is 36.0 Å². The number of fused-ring (bicyclic) bond motifs is 1. The summed E-state index contributed by atoms with van der Waals surface area (Å²) >= 11 is 0. The van der Waals surface area contributed by atoms with Gasteiger partial charge >= 0.3 is 0 Å². The van der Waals surface area contributed by atoms with Crippen LogP contribution in [0.1, 0.15) is 31.7 Å². The fourth-order valence-electron chi connectivity index (χ4n) is 3.30. The molecule has 4 nitrogen and oxygen atoms in total. The van der Waals surface area contributed by atoms with E-state index in [9.17, 15) is 0 Å². The largest absolute Gasteiger partial charge is 0.370 e. The average molecular weight is 426 g/mol. The first kappa shape index (κ1) is 18.1. The summed E-state index contributed by atoms with van der Waals surface area (Å²) in [7, 11) is 0. The quantitative estimate of drug-likeness (QED) is 0.339. The first-order valence-electron chi connectivity index (χ1n) is 8.34. The summed E-state index contributed by atoms with van der Waals surface area (Å²) in [5.74, 6) is 1.46. The van der Waals surface area contributed by atoms with E-state index < -0.39 is 0 Å². The lowest BCUT2D eigenvalue weighted by atomic mass is 10.0. The van der Waals surface area contributed by atoms with Crippen LogP contribution < -0.4 is 5.73 Å². The van der Waals surface area contributed by atoms with Crippen LogP contribution in [0.25, 0.3) is 10.9 Å². The molecule has 5 heteroatoms. The fraction of sp³-hybridized carbons (Fsp3) is 0.500.